The molecule has 2 heterocycles. The number of aliphatic hydroxyl groups is 1. The van der Waals surface area contributed by atoms with Crippen molar-refractivity contribution in [2.45, 2.75) is 19.1 Å². The Balaban J connectivity index is 1.46. The molecule has 1 aromatic carbocycles. The Morgan fingerprint density at radius 3 is 3.08 bits per heavy atom. The van der Waals surface area contributed by atoms with Crippen molar-refractivity contribution in [2.75, 3.05) is 19.6 Å². The Bertz CT molecular complexity index is 732. The Labute approximate surface area is 140 Å². The van der Waals surface area contributed by atoms with Crippen LogP contribution in [0, 0.1) is 0 Å². The first kappa shape index (κ1) is 16.3. The molecule has 0 aliphatic carbocycles. The second kappa shape index (κ2) is 7.84. The molecular formula is C18H20N4O2. The molecule has 24 heavy (non-hydrogen) atoms. The normalized spacial score (nSPS) is 17.8. The largest absolute Gasteiger partial charge is 0.390 e. The summed E-state index contributed by atoms with van der Waals surface area (Å²) in [5.41, 5.74) is 3.03. The number of carbonyl (C=O) groups is 1. The minimum Gasteiger partial charge on any atom is -0.390 e. The highest BCUT2D eigenvalue weighted by Gasteiger charge is 2.19. The number of rotatable bonds is 5. The van der Waals surface area contributed by atoms with Crippen LogP contribution in [-0.2, 0) is 17.8 Å². The number of hydrogen-bond acceptors (Lipinski definition) is 5. The van der Waals surface area contributed by atoms with Gasteiger partial charge in [0.05, 0.1) is 24.1 Å². The van der Waals surface area contributed by atoms with Gasteiger partial charge in [-0.1, -0.05) is 24.3 Å². The summed E-state index contributed by atoms with van der Waals surface area (Å²) >= 11 is 0. The van der Waals surface area contributed by atoms with Crippen LogP contribution in [0.1, 0.15) is 11.1 Å². The van der Waals surface area contributed by atoms with Gasteiger partial charge in [0.15, 0.2) is 0 Å². The standard InChI is InChI=1S/C18H20N4O2/c23-17(11-21-18(24)16-9-19-6-7-20-10-16)13-22-8-5-14-3-1-2-4-15(14)12-22/h1-4,6,9-10,17,23H,5,8,11-13H2,(H,21,24)/t17-/m1/s1. The van der Waals surface area contributed by atoms with Crippen molar-refractivity contribution in [2.24, 2.45) is 9.98 Å². The van der Waals surface area contributed by atoms with Gasteiger partial charge in [0.1, 0.15) is 0 Å². The number of β-amino-alcohol motifs (C(OH)–C–C–N with tert-alkyl or cyclic N) is 1. The molecule has 0 saturated carbocycles. The summed E-state index contributed by atoms with van der Waals surface area (Å²) in [4.78, 5) is 21.9. The molecule has 0 fully saturated rings. The third-order valence-corrected chi connectivity index (χ3v) is 4.06. The third kappa shape index (κ3) is 4.26. The quantitative estimate of drug-likeness (QED) is 0.836. The van der Waals surface area contributed by atoms with Crippen molar-refractivity contribution in [1.82, 2.24) is 10.2 Å². The summed E-state index contributed by atoms with van der Waals surface area (Å²) in [7, 11) is 0. The van der Waals surface area contributed by atoms with Crippen LogP contribution in [0.3, 0.4) is 0 Å². The topological polar surface area (TPSA) is 77.3 Å². The predicted octanol–water partition coefficient (Wildman–Crippen LogP) is 0.674. The van der Waals surface area contributed by atoms with E-state index in [1.54, 1.807) is 0 Å². The molecule has 1 atom stereocenters. The van der Waals surface area contributed by atoms with E-state index in [4.69, 9.17) is 0 Å². The molecule has 6 heteroatoms. The molecule has 2 aliphatic heterocycles. The van der Waals surface area contributed by atoms with Crippen molar-refractivity contribution >= 4 is 18.0 Å². The van der Waals surface area contributed by atoms with E-state index in [1.165, 1.54) is 29.7 Å². The zero-order chi connectivity index (χ0) is 16.8. The van der Waals surface area contributed by atoms with E-state index in [1.807, 2.05) is 6.07 Å². The molecule has 6 nitrogen and oxygen atoms in total. The molecule has 0 spiro atoms. The summed E-state index contributed by atoms with van der Waals surface area (Å²) in [6.45, 7) is 2.47. The number of fused-ring (bicyclic) bond motifs is 1. The van der Waals surface area contributed by atoms with Gasteiger partial charge in [-0.2, -0.15) is 0 Å². The highest BCUT2D eigenvalue weighted by molar-refractivity contribution is 6.12. The summed E-state index contributed by atoms with van der Waals surface area (Å²) in [6, 6.07) is 8.38. The van der Waals surface area contributed by atoms with Crippen LogP contribution in [0.4, 0.5) is 0 Å². The smallest absolute Gasteiger partial charge is 0.254 e. The molecular weight excluding hydrogens is 304 g/mol. The van der Waals surface area contributed by atoms with Gasteiger partial charge in [0.25, 0.3) is 5.91 Å². The van der Waals surface area contributed by atoms with Crippen LogP contribution < -0.4 is 5.32 Å². The minimum atomic E-state index is -0.621. The summed E-state index contributed by atoms with van der Waals surface area (Å²) in [5, 5.41) is 12.9. The number of aliphatic imine (C=N–C) groups is 2. The molecule has 2 aliphatic rings. The van der Waals surface area contributed by atoms with Gasteiger partial charge in [-0.05, 0) is 17.5 Å². The molecule has 0 radical (unpaired) electrons. The number of hydrogen-bond donors (Lipinski definition) is 2. The lowest BCUT2D eigenvalue weighted by molar-refractivity contribution is -0.117. The van der Waals surface area contributed by atoms with Gasteiger partial charge in [0.2, 0.25) is 0 Å². The molecule has 1 aromatic rings. The third-order valence-electron chi connectivity index (χ3n) is 4.06. The number of amides is 1. The lowest BCUT2D eigenvalue weighted by Crippen LogP contribution is -2.42. The van der Waals surface area contributed by atoms with E-state index in [-0.39, 0.29) is 12.5 Å². The Morgan fingerprint density at radius 2 is 2.21 bits per heavy atom. The van der Waals surface area contributed by atoms with Gasteiger partial charge in [-0.3, -0.25) is 14.7 Å². The van der Waals surface area contributed by atoms with Crippen molar-refractivity contribution in [3.05, 3.63) is 53.4 Å². The predicted molar refractivity (Wildman–Crippen MR) is 93.0 cm³/mol. The zero-order valence-electron chi connectivity index (χ0n) is 13.4. The Kier molecular flexibility index (Phi) is 5.33. The van der Waals surface area contributed by atoms with Crippen LogP contribution in [0.25, 0.3) is 0 Å². The molecule has 2 N–H and O–H groups in total. The van der Waals surface area contributed by atoms with E-state index in [2.05, 4.69) is 44.3 Å². The van der Waals surface area contributed by atoms with E-state index in [0.29, 0.717) is 12.1 Å². The van der Waals surface area contributed by atoms with Crippen molar-refractivity contribution in [3.63, 3.8) is 0 Å². The van der Waals surface area contributed by atoms with Crippen LogP contribution in [0.5, 0.6) is 0 Å². The molecule has 0 bridgehead atoms. The average Bonchev–Trinajstić information content (AvgIpc) is 2.89. The first-order chi connectivity index (χ1) is 11.7. The maximum atomic E-state index is 12.0. The number of nitrogens with zero attached hydrogens (tertiary/aromatic N) is 3. The lowest BCUT2D eigenvalue weighted by Gasteiger charge is -2.30. The van der Waals surface area contributed by atoms with E-state index < -0.39 is 6.10 Å². The van der Waals surface area contributed by atoms with E-state index in [0.717, 1.165) is 19.5 Å². The maximum absolute atomic E-state index is 12.0. The fourth-order valence-corrected chi connectivity index (χ4v) is 2.83. The van der Waals surface area contributed by atoms with E-state index >= 15 is 0 Å². The maximum Gasteiger partial charge on any atom is 0.254 e. The summed E-state index contributed by atoms with van der Waals surface area (Å²) < 4.78 is 0. The minimum absolute atomic E-state index is 0.194. The lowest BCUT2D eigenvalue weighted by atomic mass is 10.00. The molecule has 0 aromatic heterocycles. The van der Waals surface area contributed by atoms with Crippen LogP contribution in [0.2, 0.25) is 0 Å². The first-order valence-electron chi connectivity index (χ1n) is 7.98. The molecule has 1 amide bonds. The SMILES string of the molecule is O=C(NC[C@@H](O)CN1CCc2ccccc2C1)C1=CN=C=CN=C1. The number of nitrogens with one attached hydrogen (secondary N) is 1. The highest BCUT2D eigenvalue weighted by Crippen LogP contribution is 2.18. The summed E-state index contributed by atoms with van der Waals surface area (Å²) in [5.74, 6) is 2.25. The zero-order valence-corrected chi connectivity index (χ0v) is 13.4. The van der Waals surface area contributed by atoms with Crippen LogP contribution in [-0.4, -0.2) is 53.7 Å². The van der Waals surface area contributed by atoms with Crippen molar-refractivity contribution in [1.29, 1.82) is 0 Å². The van der Waals surface area contributed by atoms with Gasteiger partial charge in [-0.25, -0.2) is 4.99 Å². The number of benzene rings is 1. The fourth-order valence-electron chi connectivity index (χ4n) is 2.83. The Hall–Kier alpha value is -2.53. The fraction of sp³-hybridized carbons (Fsp3) is 0.333. The molecule has 0 saturated heterocycles. The summed E-state index contributed by atoms with van der Waals surface area (Å²) in [6.07, 6.45) is 4.58. The number of aliphatic hydroxyl groups excluding tert-OH is 1. The Morgan fingerprint density at radius 1 is 1.38 bits per heavy atom. The number of carbonyl (C=O) groups excluding carboxylic acids is 1. The van der Waals surface area contributed by atoms with Gasteiger partial charge in [0, 0.05) is 38.3 Å². The molecule has 124 valence electrons. The molecule has 3 rings (SSSR count). The van der Waals surface area contributed by atoms with E-state index in [9.17, 15) is 9.90 Å². The second-order valence-corrected chi connectivity index (χ2v) is 5.87. The van der Waals surface area contributed by atoms with Crippen LogP contribution in [0.15, 0.2) is 52.2 Å². The molecule has 0 unspecified atom stereocenters. The van der Waals surface area contributed by atoms with Gasteiger partial charge < -0.3 is 10.4 Å². The monoisotopic (exact) mass is 324 g/mol. The van der Waals surface area contributed by atoms with Crippen molar-refractivity contribution in [3.8, 4) is 0 Å². The van der Waals surface area contributed by atoms with Crippen LogP contribution >= 0.6 is 0 Å². The average molecular weight is 324 g/mol. The highest BCUT2D eigenvalue weighted by atomic mass is 16.3. The van der Waals surface area contributed by atoms with Gasteiger partial charge >= 0.3 is 0 Å². The second-order valence-electron chi connectivity index (χ2n) is 5.87. The van der Waals surface area contributed by atoms with Crippen molar-refractivity contribution < 1.29 is 9.90 Å². The first-order valence-corrected chi connectivity index (χ1v) is 7.98. The van der Waals surface area contributed by atoms with Gasteiger partial charge in [-0.15, -0.1) is 0 Å².